The number of ketones is 1. The first kappa shape index (κ1) is 37.9. The number of hydrogen-bond acceptors (Lipinski definition) is 11. The lowest BCUT2D eigenvalue weighted by Gasteiger charge is -2.35. The van der Waals surface area contributed by atoms with Gasteiger partial charge >= 0.3 is 0 Å². The number of benzene rings is 3. The summed E-state index contributed by atoms with van der Waals surface area (Å²) in [7, 11) is -2.24. The third-order valence-corrected chi connectivity index (χ3v) is 11.6. The number of aryl methyl sites for hydroxylation is 1. The number of carbonyl (C=O) groups excluding carboxylic acids is 1. The summed E-state index contributed by atoms with van der Waals surface area (Å²) in [5.41, 5.74) is 5.84. The Morgan fingerprint density at radius 1 is 1.00 bits per heavy atom. The minimum absolute atomic E-state index is 0.109. The molecule has 0 spiro atoms. The zero-order chi connectivity index (χ0) is 38.5. The summed E-state index contributed by atoms with van der Waals surface area (Å²) >= 11 is 6.91. The van der Waals surface area contributed by atoms with E-state index < -0.39 is 21.6 Å². The molecule has 2 aliphatic rings. The average molecular weight is 782 g/mol. The standard InChI is InChI=1S/C41H40ClN5O7S/c1-27-31(6-5-7-33(27)30-9-10-37-40(16-30)52-13-12-51-37)24-54-39-17-38(53-23-29-14-28(18-43)19-44-20-29)32(15-34(39)42)21-47-11-4-3-8-35(47)36(48)25-55(49,50)41-22-46(2)26-45-41/h5-7,9-10,14-17,19-20,22,26,35H,3-4,8,11-13,21,23-25H2,1-2H3/t35-/m0/s1. The highest BCUT2D eigenvalue weighted by Crippen LogP contribution is 2.38. The van der Waals surface area contributed by atoms with Crippen molar-refractivity contribution in [3.63, 3.8) is 0 Å². The van der Waals surface area contributed by atoms with Crippen LogP contribution in [0.2, 0.25) is 5.02 Å². The number of piperidine rings is 1. The summed E-state index contributed by atoms with van der Waals surface area (Å²) in [5.74, 6) is 1.30. The van der Waals surface area contributed by atoms with E-state index >= 15 is 0 Å². The zero-order valence-corrected chi connectivity index (χ0v) is 32.1. The van der Waals surface area contributed by atoms with E-state index in [1.54, 1.807) is 31.4 Å². The molecule has 0 aliphatic carbocycles. The fourth-order valence-electron chi connectivity index (χ4n) is 6.92. The number of fused-ring (bicyclic) bond motifs is 1. The molecule has 12 nitrogen and oxygen atoms in total. The molecule has 0 amide bonds. The Labute approximate surface area is 325 Å². The second-order valence-corrected chi connectivity index (χ2v) is 16.0. The van der Waals surface area contributed by atoms with E-state index in [1.165, 1.54) is 23.3 Å². The highest BCUT2D eigenvalue weighted by molar-refractivity contribution is 7.92. The van der Waals surface area contributed by atoms with Crippen molar-refractivity contribution in [1.82, 2.24) is 19.4 Å². The zero-order valence-electron chi connectivity index (χ0n) is 30.5. The Bertz CT molecular complexity index is 2380. The Hall–Kier alpha value is -5.42. The number of sulfone groups is 1. The van der Waals surface area contributed by atoms with E-state index in [0.29, 0.717) is 65.1 Å². The minimum Gasteiger partial charge on any atom is -0.488 e. The number of aromatic nitrogens is 3. The molecule has 0 unspecified atom stereocenters. The number of imidazole rings is 1. The number of ether oxygens (including phenoxy) is 4. The van der Waals surface area contributed by atoms with Gasteiger partial charge in [0.1, 0.15) is 49.7 Å². The molecule has 2 aromatic heterocycles. The van der Waals surface area contributed by atoms with Crippen LogP contribution in [0, 0.1) is 18.3 Å². The molecule has 5 aromatic rings. The van der Waals surface area contributed by atoms with Crippen LogP contribution in [0.4, 0.5) is 0 Å². The van der Waals surface area contributed by atoms with Crippen molar-refractivity contribution in [3.05, 3.63) is 112 Å². The molecule has 0 bridgehead atoms. The van der Waals surface area contributed by atoms with Crippen molar-refractivity contribution in [1.29, 1.82) is 5.26 Å². The normalized spacial score (nSPS) is 15.6. The Balaban J connectivity index is 1.13. The molecule has 1 fully saturated rings. The molecular weight excluding hydrogens is 742 g/mol. The molecule has 4 heterocycles. The number of likely N-dealkylation sites (tertiary alicyclic amines) is 1. The first-order valence-corrected chi connectivity index (χ1v) is 20.0. The molecule has 1 atom stereocenters. The van der Waals surface area contributed by atoms with Crippen LogP contribution in [0.1, 0.15) is 47.1 Å². The molecule has 3 aromatic carbocycles. The SMILES string of the molecule is Cc1c(COc2cc(OCc3cncc(C#N)c3)c(CN3CCCC[C@H]3C(=O)CS(=O)(=O)c3cn(C)cn3)cc2Cl)cccc1-c1ccc2c(c1)OCCO2. The second-order valence-electron chi connectivity index (χ2n) is 13.7. The monoisotopic (exact) mass is 781 g/mol. The maximum absolute atomic E-state index is 13.6. The van der Waals surface area contributed by atoms with Crippen molar-refractivity contribution < 1.29 is 32.2 Å². The summed E-state index contributed by atoms with van der Waals surface area (Å²) in [6, 6.07) is 18.7. The number of halogens is 1. The van der Waals surface area contributed by atoms with Gasteiger partial charge < -0.3 is 23.5 Å². The number of Topliss-reactive ketones (excluding diaryl/α,β-unsaturated/α-hetero) is 1. The molecule has 55 heavy (non-hydrogen) atoms. The van der Waals surface area contributed by atoms with E-state index in [4.69, 9.17) is 30.5 Å². The van der Waals surface area contributed by atoms with Gasteiger partial charge in [-0.2, -0.15) is 5.26 Å². The van der Waals surface area contributed by atoms with Gasteiger partial charge in [0.25, 0.3) is 0 Å². The molecule has 7 rings (SSSR count). The number of nitriles is 1. The maximum atomic E-state index is 13.6. The highest BCUT2D eigenvalue weighted by Gasteiger charge is 2.33. The Kier molecular flexibility index (Phi) is 11.4. The predicted molar refractivity (Wildman–Crippen MR) is 205 cm³/mol. The topological polar surface area (TPSA) is 146 Å². The smallest absolute Gasteiger partial charge is 0.204 e. The van der Waals surface area contributed by atoms with E-state index in [0.717, 1.165) is 40.8 Å². The lowest BCUT2D eigenvalue weighted by molar-refractivity contribution is -0.123. The van der Waals surface area contributed by atoms with Gasteiger partial charge in [0.05, 0.1) is 23.0 Å². The lowest BCUT2D eigenvalue weighted by Crippen LogP contribution is -2.46. The second kappa shape index (κ2) is 16.5. The predicted octanol–water partition coefficient (Wildman–Crippen LogP) is 6.64. The summed E-state index contributed by atoms with van der Waals surface area (Å²) in [6.07, 6.45) is 8.08. The van der Waals surface area contributed by atoms with Crippen molar-refractivity contribution in [3.8, 4) is 40.2 Å². The van der Waals surface area contributed by atoms with Gasteiger partial charge in [-0.25, -0.2) is 13.4 Å². The first-order chi connectivity index (χ1) is 26.6. The van der Waals surface area contributed by atoms with Gasteiger partial charge in [0.15, 0.2) is 22.3 Å². The Morgan fingerprint density at radius 2 is 1.82 bits per heavy atom. The molecule has 0 radical (unpaired) electrons. The van der Waals surface area contributed by atoms with Gasteiger partial charge in [-0.05, 0) is 72.8 Å². The molecule has 0 saturated carbocycles. The van der Waals surface area contributed by atoms with E-state index in [2.05, 4.69) is 22.1 Å². The van der Waals surface area contributed by atoms with Crippen molar-refractivity contribution in [2.75, 3.05) is 25.5 Å². The fourth-order valence-corrected chi connectivity index (χ4v) is 8.41. The summed E-state index contributed by atoms with van der Waals surface area (Å²) in [5, 5.41) is 9.63. The van der Waals surface area contributed by atoms with Crippen LogP contribution in [0.5, 0.6) is 23.0 Å². The van der Waals surface area contributed by atoms with Gasteiger partial charge in [0.2, 0.25) is 9.84 Å². The fraction of sp³-hybridized carbons (Fsp3) is 0.317. The van der Waals surface area contributed by atoms with Crippen molar-refractivity contribution >= 4 is 27.2 Å². The van der Waals surface area contributed by atoms with Gasteiger partial charge in [-0.1, -0.05) is 42.3 Å². The average Bonchev–Trinajstić information content (AvgIpc) is 3.65. The number of carbonyl (C=O) groups is 1. The van der Waals surface area contributed by atoms with Crippen LogP contribution in [0.25, 0.3) is 11.1 Å². The van der Waals surface area contributed by atoms with Crippen LogP contribution in [0.15, 0.2) is 84.5 Å². The molecule has 284 valence electrons. The first-order valence-electron chi connectivity index (χ1n) is 18.0. The number of rotatable bonds is 13. The maximum Gasteiger partial charge on any atom is 0.204 e. The van der Waals surface area contributed by atoms with Crippen LogP contribution < -0.4 is 18.9 Å². The summed E-state index contributed by atoms with van der Waals surface area (Å²) in [6.45, 7) is 4.28. The van der Waals surface area contributed by atoms with Crippen LogP contribution >= 0.6 is 11.6 Å². The van der Waals surface area contributed by atoms with Crippen molar-refractivity contribution in [2.45, 2.75) is 57.0 Å². The van der Waals surface area contributed by atoms with Crippen LogP contribution in [0.3, 0.4) is 0 Å². The molecule has 14 heteroatoms. The third kappa shape index (κ3) is 8.78. The molecule has 0 N–H and O–H groups in total. The lowest BCUT2D eigenvalue weighted by atomic mass is 9.96. The minimum atomic E-state index is -3.91. The quantitative estimate of drug-likeness (QED) is 0.127. The van der Waals surface area contributed by atoms with Gasteiger partial charge in [0, 0.05) is 49.4 Å². The summed E-state index contributed by atoms with van der Waals surface area (Å²) < 4.78 is 52.0. The Morgan fingerprint density at radius 3 is 2.62 bits per heavy atom. The number of nitrogens with zero attached hydrogens (tertiary/aromatic N) is 5. The van der Waals surface area contributed by atoms with Gasteiger partial charge in [-0.3, -0.25) is 14.7 Å². The molecule has 1 saturated heterocycles. The van der Waals surface area contributed by atoms with E-state index in [9.17, 15) is 18.5 Å². The highest BCUT2D eigenvalue weighted by atomic mass is 35.5. The third-order valence-electron chi connectivity index (χ3n) is 9.81. The van der Waals surface area contributed by atoms with E-state index in [1.807, 2.05) is 42.2 Å². The van der Waals surface area contributed by atoms with Gasteiger partial charge in [-0.15, -0.1) is 0 Å². The van der Waals surface area contributed by atoms with Crippen molar-refractivity contribution in [2.24, 2.45) is 7.05 Å². The molecular formula is C41H40ClN5O7S. The van der Waals surface area contributed by atoms with E-state index in [-0.39, 0.29) is 30.6 Å². The largest absolute Gasteiger partial charge is 0.488 e. The summed E-state index contributed by atoms with van der Waals surface area (Å²) in [4.78, 5) is 23.7. The molecule has 2 aliphatic heterocycles. The van der Waals surface area contributed by atoms with Crippen LogP contribution in [-0.2, 0) is 41.4 Å². The number of hydrogen-bond donors (Lipinski definition) is 0. The number of pyridine rings is 1. The van der Waals surface area contributed by atoms with Crippen LogP contribution in [-0.4, -0.2) is 65.2 Å².